The van der Waals surface area contributed by atoms with Crippen molar-refractivity contribution in [1.82, 2.24) is 9.97 Å². The van der Waals surface area contributed by atoms with E-state index in [-0.39, 0.29) is 0 Å². The minimum absolute atomic E-state index is 0.871. The summed E-state index contributed by atoms with van der Waals surface area (Å²) in [5, 5.41) is 3.50. The quantitative estimate of drug-likeness (QED) is 0.669. The Bertz CT molecular complexity index is 860. The number of pyridine rings is 1. The normalized spacial score (nSPS) is 12.4. The van der Waals surface area contributed by atoms with Crippen molar-refractivity contribution < 1.29 is 0 Å². The first kappa shape index (κ1) is 17.0. The second kappa shape index (κ2) is 7.84. The number of anilines is 1. The average Bonchev–Trinajstić information content (AvgIpc) is 3.08. The molecule has 2 aromatic heterocycles. The Hall–Kier alpha value is -2.81. The van der Waals surface area contributed by atoms with Crippen molar-refractivity contribution in [2.75, 3.05) is 11.9 Å². The molecule has 1 aromatic carbocycles. The first-order valence-electron chi connectivity index (χ1n) is 8.91. The zero-order chi connectivity index (χ0) is 17.6. The maximum Gasteiger partial charge on any atom is 0.111 e. The summed E-state index contributed by atoms with van der Waals surface area (Å²) in [5.74, 6) is 1.11. The molecule has 0 radical (unpaired) electrons. The number of aromatic amines is 1. The number of benzene rings is 1. The van der Waals surface area contributed by atoms with Crippen LogP contribution in [0.3, 0.4) is 0 Å². The highest BCUT2D eigenvalue weighted by molar-refractivity contribution is 5.85. The third-order valence-corrected chi connectivity index (χ3v) is 4.35. The molecular formula is C22H25N3. The fourth-order valence-corrected chi connectivity index (χ4v) is 3.16. The smallest absolute Gasteiger partial charge is 0.111 e. The van der Waals surface area contributed by atoms with Crippen molar-refractivity contribution in [2.24, 2.45) is 0 Å². The molecule has 0 bridgehead atoms. The molecular weight excluding hydrogens is 306 g/mol. The number of nitrogens with zero attached hydrogens (tertiary/aromatic N) is 1. The molecule has 3 heteroatoms. The fourth-order valence-electron chi connectivity index (χ4n) is 3.16. The van der Waals surface area contributed by atoms with Crippen LogP contribution in [0.4, 0.5) is 5.82 Å². The molecule has 0 spiro atoms. The summed E-state index contributed by atoms with van der Waals surface area (Å²) in [4.78, 5) is 7.58. The van der Waals surface area contributed by atoms with Crippen LogP contribution in [0.1, 0.15) is 30.5 Å². The number of nitrogens with one attached hydrogen (secondary N) is 2. The number of fused-ring (bicyclic) bond motifs is 1. The number of hydrogen-bond donors (Lipinski definition) is 2. The van der Waals surface area contributed by atoms with Gasteiger partial charge in [0.25, 0.3) is 0 Å². The van der Waals surface area contributed by atoms with E-state index in [0.717, 1.165) is 18.8 Å². The van der Waals surface area contributed by atoms with Gasteiger partial charge < -0.3 is 10.3 Å². The lowest BCUT2D eigenvalue weighted by atomic mass is 9.95. The molecule has 3 nitrogen and oxygen atoms in total. The Morgan fingerprint density at radius 2 is 1.88 bits per heavy atom. The number of aromatic nitrogens is 2. The molecule has 1 aliphatic heterocycles. The van der Waals surface area contributed by atoms with Gasteiger partial charge in [-0.15, -0.1) is 0 Å². The highest BCUT2D eigenvalue weighted by Gasteiger charge is 2.17. The van der Waals surface area contributed by atoms with Gasteiger partial charge >= 0.3 is 0 Å². The monoisotopic (exact) mass is 331 g/mol. The average molecular weight is 331 g/mol. The van der Waals surface area contributed by atoms with Crippen molar-refractivity contribution in [1.29, 1.82) is 0 Å². The van der Waals surface area contributed by atoms with Crippen LogP contribution in [-0.4, -0.2) is 16.5 Å². The second-order valence-electron chi connectivity index (χ2n) is 6.00. The Labute approximate surface area is 149 Å². The third-order valence-electron chi connectivity index (χ3n) is 4.35. The molecule has 1 aliphatic rings. The standard InChI is InChI=1S/C20H19N3.C2H6/c1-14-5-2-3-7-17(14)19-13-23-20-18(19)10-16(12-22-20)9-15-6-4-8-21-11-15;1-2/h2-8,10-11,13,22-23H,9,12H2,1H3;1-2H3. The molecule has 25 heavy (non-hydrogen) atoms. The van der Waals surface area contributed by atoms with Crippen molar-refractivity contribution in [3.05, 3.63) is 77.3 Å². The van der Waals surface area contributed by atoms with E-state index in [1.54, 1.807) is 0 Å². The summed E-state index contributed by atoms with van der Waals surface area (Å²) in [6.07, 6.45) is 9.10. The summed E-state index contributed by atoms with van der Waals surface area (Å²) < 4.78 is 0. The van der Waals surface area contributed by atoms with Crippen LogP contribution >= 0.6 is 0 Å². The molecule has 128 valence electrons. The molecule has 4 rings (SSSR count). The first-order valence-corrected chi connectivity index (χ1v) is 8.91. The van der Waals surface area contributed by atoms with Crippen LogP contribution < -0.4 is 5.32 Å². The van der Waals surface area contributed by atoms with Crippen LogP contribution in [0.2, 0.25) is 0 Å². The summed E-state index contributed by atoms with van der Waals surface area (Å²) in [7, 11) is 0. The molecule has 3 heterocycles. The lowest BCUT2D eigenvalue weighted by molar-refractivity contribution is 1.05. The molecule has 0 amide bonds. The summed E-state index contributed by atoms with van der Waals surface area (Å²) in [6.45, 7) is 7.03. The topological polar surface area (TPSA) is 40.7 Å². The van der Waals surface area contributed by atoms with Crippen molar-refractivity contribution in [3.8, 4) is 11.1 Å². The van der Waals surface area contributed by atoms with Gasteiger partial charge in [0.05, 0.1) is 0 Å². The minimum atomic E-state index is 0.871. The SMILES string of the molecule is CC.Cc1ccccc1-c1c[nH]c2c1C=C(Cc1cccnc1)CN2. The largest absolute Gasteiger partial charge is 0.367 e. The van der Waals surface area contributed by atoms with E-state index >= 15 is 0 Å². The van der Waals surface area contributed by atoms with Gasteiger partial charge in [0.2, 0.25) is 0 Å². The van der Waals surface area contributed by atoms with E-state index in [9.17, 15) is 0 Å². The Kier molecular flexibility index (Phi) is 5.34. The van der Waals surface area contributed by atoms with E-state index < -0.39 is 0 Å². The van der Waals surface area contributed by atoms with Gasteiger partial charge in [0, 0.05) is 36.3 Å². The first-order chi connectivity index (χ1) is 12.3. The maximum atomic E-state index is 4.21. The summed E-state index contributed by atoms with van der Waals surface area (Å²) in [5.41, 5.74) is 7.71. The summed E-state index contributed by atoms with van der Waals surface area (Å²) >= 11 is 0. The zero-order valence-electron chi connectivity index (χ0n) is 15.1. The Morgan fingerprint density at radius 3 is 2.64 bits per heavy atom. The van der Waals surface area contributed by atoms with Crippen LogP contribution in [0, 0.1) is 6.92 Å². The van der Waals surface area contributed by atoms with Crippen LogP contribution in [0.15, 0.2) is 60.6 Å². The van der Waals surface area contributed by atoms with Gasteiger partial charge in [-0.3, -0.25) is 4.98 Å². The number of aryl methyl sites for hydroxylation is 1. The number of H-pyrrole nitrogens is 1. The van der Waals surface area contributed by atoms with Gasteiger partial charge in [-0.1, -0.05) is 44.2 Å². The molecule has 0 unspecified atom stereocenters. The fraction of sp³-hybridized carbons (Fsp3) is 0.227. The van der Waals surface area contributed by atoms with E-state index in [4.69, 9.17) is 0 Å². The van der Waals surface area contributed by atoms with E-state index in [1.807, 2.05) is 32.3 Å². The van der Waals surface area contributed by atoms with Crippen molar-refractivity contribution in [2.45, 2.75) is 27.2 Å². The van der Waals surface area contributed by atoms with Gasteiger partial charge in [0.1, 0.15) is 5.82 Å². The number of rotatable bonds is 3. The van der Waals surface area contributed by atoms with Gasteiger partial charge in [0.15, 0.2) is 0 Å². The molecule has 0 saturated carbocycles. The lowest BCUT2D eigenvalue weighted by Gasteiger charge is -2.17. The van der Waals surface area contributed by atoms with E-state index in [1.165, 1.54) is 33.4 Å². The molecule has 2 N–H and O–H groups in total. The predicted octanol–water partition coefficient (Wildman–Crippen LogP) is 5.46. The van der Waals surface area contributed by atoms with Crippen LogP contribution in [0.5, 0.6) is 0 Å². The highest BCUT2D eigenvalue weighted by Crippen LogP contribution is 2.35. The van der Waals surface area contributed by atoms with Crippen molar-refractivity contribution >= 4 is 11.9 Å². The maximum absolute atomic E-state index is 4.21. The van der Waals surface area contributed by atoms with Crippen molar-refractivity contribution in [3.63, 3.8) is 0 Å². The van der Waals surface area contributed by atoms with Crippen LogP contribution in [-0.2, 0) is 6.42 Å². The minimum Gasteiger partial charge on any atom is -0.367 e. The van der Waals surface area contributed by atoms with E-state index in [0.29, 0.717) is 0 Å². The lowest BCUT2D eigenvalue weighted by Crippen LogP contribution is -2.12. The predicted molar refractivity (Wildman–Crippen MR) is 107 cm³/mol. The molecule has 0 atom stereocenters. The molecule has 0 fully saturated rings. The van der Waals surface area contributed by atoms with Gasteiger partial charge in [-0.05, 0) is 47.8 Å². The highest BCUT2D eigenvalue weighted by atomic mass is 15.0. The molecule has 3 aromatic rings. The van der Waals surface area contributed by atoms with E-state index in [2.05, 4.69) is 64.8 Å². The van der Waals surface area contributed by atoms with Gasteiger partial charge in [-0.2, -0.15) is 0 Å². The Morgan fingerprint density at radius 1 is 1.04 bits per heavy atom. The van der Waals surface area contributed by atoms with Gasteiger partial charge in [-0.25, -0.2) is 0 Å². The third kappa shape index (κ3) is 3.66. The molecule has 0 saturated heterocycles. The molecule has 0 aliphatic carbocycles. The second-order valence-corrected chi connectivity index (χ2v) is 6.00. The summed E-state index contributed by atoms with van der Waals surface area (Å²) in [6, 6.07) is 12.6. The number of hydrogen-bond acceptors (Lipinski definition) is 2. The van der Waals surface area contributed by atoms with Crippen LogP contribution in [0.25, 0.3) is 17.2 Å². The Balaban J connectivity index is 0.000000880. The zero-order valence-corrected chi connectivity index (χ0v) is 15.1.